The smallest absolute Gasteiger partial charge is 0.304 e. The topological polar surface area (TPSA) is 61.1 Å². The van der Waals surface area contributed by atoms with Gasteiger partial charge in [0.2, 0.25) is 0 Å². The highest BCUT2D eigenvalue weighted by Crippen LogP contribution is 2.33. The molecule has 0 saturated heterocycles. The highest BCUT2D eigenvalue weighted by atomic mass is 16.4. The van der Waals surface area contributed by atoms with Gasteiger partial charge in [0, 0.05) is 0 Å². The zero-order chi connectivity index (χ0) is 12.0. The molecule has 16 heavy (non-hydrogen) atoms. The molecule has 0 amide bonds. The summed E-state index contributed by atoms with van der Waals surface area (Å²) in [6.07, 6.45) is 7.18. The molecule has 1 aliphatic rings. The summed E-state index contributed by atoms with van der Waals surface area (Å²) in [5.41, 5.74) is 0. The van der Waals surface area contributed by atoms with Crippen molar-refractivity contribution in [1.29, 1.82) is 5.26 Å². The minimum Gasteiger partial charge on any atom is -0.481 e. The van der Waals surface area contributed by atoms with Crippen LogP contribution in [-0.2, 0) is 4.79 Å². The van der Waals surface area contributed by atoms with Crippen LogP contribution in [0.5, 0.6) is 0 Å². The van der Waals surface area contributed by atoms with E-state index in [2.05, 4.69) is 13.0 Å². The molecule has 1 N–H and O–H groups in total. The Morgan fingerprint density at radius 2 is 2.06 bits per heavy atom. The first-order valence-corrected chi connectivity index (χ1v) is 6.25. The van der Waals surface area contributed by atoms with E-state index in [9.17, 15) is 4.79 Å². The maximum absolute atomic E-state index is 10.6. The van der Waals surface area contributed by atoms with Gasteiger partial charge in [-0.2, -0.15) is 5.26 Å². The lowest BCUT2D eigenvalue weighted by molar-refractivity contribution is -0.137. The van der Waals surface area contributed by atoms with E-state index in [0.29, 0.717) is 11.8 Å². The number of carboxylic acids is 1. The number of nitrogens with zero attached hydrogens (tertiary/aromatic N) is 1. The van der Waals surface area contributed by atoms with Crippen LogP contribution < -0.4 is 0 Å². The SMILES string of the molecule is CC(C[C@H](C#N)CC(=O)O)C1CCCCC1. The minimum absolute atomic E-state index is 0.00639. The van der Waals surface area contributed by atoms with Gasteiger partial charge in [0.05, 0.1) is 18.4 Å². The third kappa shape index (κ3) is 4.22. The van der Waals surface area contributed by atoms with Gasteiger partial charge in [-0.25, -0.2) is 0 Å². The summed E-state index contributed by atoms with van der Waals surface area (Å²) in [4.78, 5) is 10.6. The lowest BCUT2D eigenvalue weighted by Gasteiger charge is -2.28. The Morgan fingerprint density at radius 1 is 1.44 bits per heavy atom. The van der Waals surface area contributed by atoms with Crippen LogP contribution in [-0.4, -0.2) is 11.1 Å². The third-order valence-corrected chi connectivity index (χ3v) is 3.71. The van der Waals surface area contributed by atoms with E-state index < -0.39 is 5.97 Å². The Balaban J connectivity index is 2.38. The average Bonchev–Trinajstić information content (AvgIpc) is 2.28. The molecular formula is C13H21NO2. The van der Waals surface area contributed by atoms with Crippen molar-refractivity contribution in [3.63, 3.8) is 0 Å². The summed E-state index contributed by atoms with van der Waals surface area (Å²) in [7, 11) is 0. The van der Waals surface area contributed by atoms with E-state index in [-0.39, 0.29) is 12.3 Å². The van der Waals surface area contributed by atoms with Crippen LogP contribution in [0.3, 0.4) is 0 Å². The summed E-state index contributed by atoms with van der Waals surface area (Å²) < 4.78 is 0. The van der Waals surface area contributed by atoms with Crippen molar-refractivity contribution < 1.29 is 9.90 Å². The molecule has 2 atom stereocenters. The van der Waals surface area contributed by atoms with Crippen molar-refractivity contribution in [1.82, 2.24) is 0 Å². The maximum Gasteiger partial charge on any atom is 0.304 e. The molecule has 0 bridgehead atoms. The molecular weight excluding hydrogens is 202 g/mol. The third-order valence-electron chi connectivity index (χ3n) is 3.71. The van der Waals surface area contributed by atoms with Crippen molar-refractivity contribution in [2.75, 3.05) is 0 Å². The van der Waals surface area contributed by atoms with Gasteiger partial charge in [-0.3, -0.25) is 4.79 Å². The van der Waals surface area contributed by atoms with E-state index >= 15 is 0 Å². The summed E-state index contributed by atoms with van der Waals surface area (Å²) in [6, 6.07) is 2.12. The van der Waals surface area contributed by atoms with Crippen LogP contribution in [0.4, 0.5) is 0 Å². The van der Waals surface area contributed by atoms with Crippen LogP contribution in [0, 0.1) is 29.1 Å². The van der Waals surface area contributed by atoms with Crippen molar-refractivity contribution >= 4 is 5.97 Å². The summed E-state index contributed by atoms with van der Waals surface area (Å²) in [6.45, 7) is 2.17. The van der Waals surface area contributed by atoms with Crippen molar-refractivity contribution in [2.45, 2.75) is 51.9 Å². The molecule has 0 aromatic carbocycles. The molecule has 1 unspecified atom stereocenters. The van der Waals surface area contributed by atoms with Crippen LogP contribution in [0.25, 0.3) is 0 Å². The van der Waals surface area contributed by atoms with Crippen LogP contribution in [0.1, 0.15) is 51.9 Å². The normalized spacial score (nSPS) is 21.0. The fourth-order valence-electron chi connectivity index (χ4n) is 2.74. The fourth-order valence-corrected chi connectivity index (χ4v) is 2.74. The molecule has 0 aromatic heterocycles. The number of carboxylic acid groups (broad SMARTS) is 1. The van der Waals surface area contributed by atoms with Crippen LogP contribution in [0.15, 0.2) is 0 Å². The Bertz CT molecular complexity index is 264. The summed E-state index contributed by atoms with van der Waals surface area (Å²) in [5.74, 6) is 0.0273. The van der Waals surface area contributed by atoms with Crippen molar-refractivity contribution in [3.05, 3.63) is 0 Å². The quantitative estimate of drug-likeness (QED) is 0.778. The van der Waals surface area contributed by atoms with E-state index in [4.69, 9.17) is 10.4 Å². The molecule has 0 heterocycles. The monoisotopic (exact) mass is 223 g/mol. The number of hydrogen-bond acceptors (Lipinski definition) is 2. The first kappa shape index (κ1) is 13.0. The molecule has 0 spiro atoms. The van der Waals surface area contributed by atoms with E-state index in [1.165, 1.54) is 32.1 Å². The number of rotatable bonds is 5. The number of carbonyl (C=O) groups is 1. The van der Waals surface area contributed by atoms with Gasteiger partial charge < -0.3 is 5.11 Å². The predicted molar refractivity (Wildman–Crippen MR) is 61.7 cm³/mol. The van der Waals surface area contributed by atoms with E-state index in [1.54, 1.807) is 0 Å². The van der Waals surface area contributed by atoms with Crippen LogP contribution >= 0.6 is 0 Å². The fraction of sp³-hybridized carbons (Fsp3) is 0.846. The molecule has 1 saturated carbocycles. The standard InChI is InChI=1S/C13H21NO2/c1-10(12-5-3-2-4-6-12)7-11(9-14)8-13(15)16/h10-12H,2-8H2,1H3,(H,15,16)/t10?,11-/m0/s1. The molecule has 0 aromatic rings. The number of nitriles is 1. The van der Waals surface area contributed by atoms with Gasteiger partial charge in [-0.1, -0.05) is 39.0 Å². The molecule has 1 fully saturated rings. The Kier molecular flexibility index (Phi) is 5.31. The minimum atomic E-state index is -0.859. The second-order valence-corrected chi connectivity index (χ2v) is 5.03. The summed E-state index contributed by atoms with van der Waals surface area (Å²) in [5, 5.41) is 17.6. The Hall–Kier alpha value is -1.04. The zero-order valence-electron chi connectivity index (χ0n) is 9.98. The van der Waals surface area contributed by atoms with Gasteiger partial charge in [-0.05, 0) is 18.3 Å². The second-order valence-electron chi connectivity index (χ2n) is 5.03. The summed E-state index contributed by atoms with van der Waals surface area (Å²) >= 11 is 0. The highest BCUT2D eigenvalue weighted by molar-refractivity contribution is 5.67. The van der Waals surface area contributed by atoms with Crippen molar-refractivity contribution in [3.8, 4) is 6.07 Å². The number of hydrogen-bond donors (Lipinski definition) is 1. The molecule has 0 radical (unpaired) electrons. The Labute approximate surface area is 97.5 Å². The van der Waals surface area contributed by atoms with Gasteiger partial charge in [-0.15, -0.1) is 0 Å². The zero-order valence-corrected chi connectivity index (χ0v) is 9.98. The highest BCUT2D eigenvalue weighted by Gasteiger charge is 2.24. The predicted octanol–water partition coefficient (Wildman–Crippen LogP) is 3.21. The van der Waals surface area contributed by atoms with Gasteiger partial charge >= 0.3 is 5.97 Å². The average molecular weight is 223 g/mol. The molecule has 3 heteroatoms. The number of aliphatic carboxylic acids is 1. The van der Waals surface area contributed by atoms with Gasteiger partial charge in [0.1, 0.15) is 0 Å². The molecule has 1 rings (SSSR count). The molecule has 1 aliphatic carbocycles. The Morgan fingerprint density at radius 3 is 2.56 bits per heavy atom. The van der Waals surface area contributed by atoms with E-state index in [1.807, 2.05) is 0 Å². The maximum atomic E-state index is 10.6. The molecule has 0 aliphatic heterocycles. The lowest BCUT2D eigenvalue weighted by atomic mass is 9.77. The van der Waals surface area contributed by atoms with E-state index in [0.717, 1.165) is 6.42 Å². The first-order chi connectivity index (χ1) is 7.63. The van der Waals surface area contributed by atoms with Crippen LogP contribution in [0.2, 0.25) is 0 Å². The molecule has 90 valence electrons. The first-order valence-electron chi connectivity index (χ1n) is 6.25. The largest absolute Gasteiger partial charge is 0.481 e. The van der Waals surface area contributed by atoms with Crippen molar-refractivity contribution in [2.24, 2.45) is 17.8 Å². The lowest BCUT2D eigenvalue weighted by Crippen LogP contribution is -2.19. The second kappa shape index (κ2) is 6.52. The molecule has 3 nitrogen and oxygen atoms in total. The van der Waals surface area contributed by atoms with Gasteiger partial charge in [0.25, 0.3) is 0 Å². The van der Waals surface area contributed by atoms with Gasteiger partial charge in [0.15, 0.2) is 0 Å².